The van der Waals surface area contributed by atoms with Gasteiger partial charge in [0.05, 0.1) is 0 Å². The standard InChI is InChI=1S/C13H13NO2S/c1-9-2-4-10(5-3-9)8-11(13(15)16)12-14-6-7-17-12/h2-7,11H,8H2,1H3,(H,15,16). The average molecular weight is 247 g/mol. The Labute approximate surface area is 104 Å². The summed E-state index contributed by atoms with van der Waals surface area (Å²) in [5, 5.41) is 11.7. The quantitative estimate of drug-likeness (QED) is 0.903. The summed E-state index contributed by atoms with van der Waals surface area (Å²) in [5.41, 5.74) is 2.20. The monoisotopic (exact) mass is 247 g/mol. The molecule has 0 saturated carbocycles. The lowest BCUT2D eigenvalue weighted by Gasteiger charge is -2.09. The number of aryl methyl sites for hydroxylation is 1. The van der Waals surface area contributed by atoms with Crippen LogP contribution in [0.3, 0.4) is 0 Å². The first-order valence-electron chi connectivity index (χ1n) is 5.34. The third kappa shape index (κ3) is 2.91. The van der Waals surface area contributed by atoms with Gasteiger partial charge >= 0.3 is 5.97 Å². The first-order valence-corrected chi connectivity index (χ1v) is 6.22. The van der Waals surface area contributed by atoms with E-state index in [0.29, 0.717) is 11.4 Å². The van der Waals surface area contributed by atoms with Crippen LogP contribution in [-0.4, -0.2) is 16.1 Å². The minimum absolute atomic E-state index is 0.489. The molecule has 0 aliphatic heterocycles. The van der Waals surface area contributed by atoms with E-state index in [1.807, 2.05) is 31.2 Å². The van der Waals surface area contributed by atoms with Gasteiger partial charge in [0.25, 0.3) is 0 Å². The van der Waals surface area contributed by atoms with Gasteiger partial charge in [0.1, 0.15) is 10.9 Å². The molecule has 1 heterocycles. The first-order chi connectivity index (χ1) is 8.16. The van der Waals surface area contributed by atoms with Crippen molar-refractivity contribution < 1.29 is 9.90 Å². The lowest BCUT2D eigenvalue weighted by molar-refractivity contribution is -0.138. The number of carbonyl (C=O) groups is 1. The van der Waals surface area contributed by atoms with Gasteiger partial charge in [0, 0.05) is 11.6 Å². The zero-order valence-corrected chi connectivity index (χ0v) is 10.3. The summed E-state index contributed by atoms with van der Waals surface area (Å²) in [6.07, 6.45) is 2.13. The van der Waals surface area contributed by atoms with Crippen LogP contribution in [0.2, 0.25) is 0 Å². The largest absolute Gasteiger partial charge is 0.481 e. The Morgan fingerprint density at radius 1 is 1.41 bits per heavy atom. The molecule has 1 N–H and O–H groups in total. The Morgan fingerprint density at radius 3 is 2.65 bits per heavy atom. The topological polar surface area (TPSA) is 50.2 Å². The summed E-state index contributed by atoms with van der Waals surface area (Å²) in [4.78, 5) is 15.3. The molecule has 0 radical (unpaired) electrons. The normalized spacial score (nSPS) is 12.3. The zero-order chi connectivity index (χ0) is 12.3. The van der Waals surface area contributed by atoms with Crippen molar-refractivity contribution in [2.75, 3.05) is 0 Å². The fraction of sp³-hybridized carbons (Fsp3) is 0.231. The third-order valence-electron chi connectivity index (χ3n) is 2.61. The van der Waals surface area contributed by atoms with Crippen molar-refractivity contribution in [2.24, 2.45) is 0 Å². The van der Waals surface area contributed by atoms with Crippen molar-refractivity contribution in [1.29, 1.82) is 0 Å². The molecule has 0 bridgehead atoms. The van der Waals surface area contributed by atoms with Crippen LogP contribution in [0.1, 0.15) is 22.1 Å². The Kier molecular flexibility index (Phi) is 3.54. The van der Waals surface area contributed by atoms with Gasteiger partial charge in [-0.15, -0.1) is 11.3 Å². The molecule has 0 spiro atoms. The van der Waals surface area contributed by atoms with Gasteiger partial charge in [0.2, 0.25) is 0 Å². The van der Waals surface area contributed by atoms with Gasteiger partial charge in [-0.1, -0.05) is 29.8 Å². The number of aliphatic carboxylic acids is 1. The Morgan fingerprint density at radius 2 is 2.12 bits per heavy atom. The molecule has 4 heteroatoms. The van der Waals surface area contributed by atoms with Crippen molar-refractivity contribution in [3.05, 3.63) is 52.0 Å². The zero-order valence-electron chi connectivity index (χ0n) is 9.46. The van der Waals surface area contributed by atoms with Crippen LogP contribution in [0.4, 0.5) is 0 Å². The molecule has 2 rings (SSSR count). The average Bonchev–Trinajstić information content (AvgIpc) is 2.81. The van der Waals surface area contributed by atoms with Crippen LogP contribution >= 0.6 is 11.3 Å². The molecule has 1 aromatic heterocycles. The lowest BCUT2D eigenvalue weighted by Crippen LogP contribution is -2.14. The minimum Gasteiger partial charge on any atom is -0.481 e. The molecule has 1 atom stereocenters. The summed E-state index contributed by atoms with van der Waals surface area (Å²) in [6, 6.07) is 7.93. The summed E-state index contributed by atoms with van der Waals surface area (Å²) >= 11 is 1.39. The number of hydrogen-bond donors (Lipinski definition) is 1. The molecule has 3 nitrogen and oxygen atoms in total. The molecule has 17 heavy (non-hydrogen) atoms. The third-order valence-corrected chi connectivity index (χ3v) is 3.50. The minimum atomic E-state index is -0.819. The van der Waals surface area contributed by atoms with Crippen LogP contribution in [-0.2, 0) is 11.2 Å². The van der Waals surface area contributed by atoms with Crippen molar-refractivity contribution in [2.45, 2.75) is 19.3 Å². The van der Waals surface area contributed by atoms with E-state index in [2.05, 4.69) is 4.98 Å². The number of aromatic nitrogens is 1. The van der Waals surface area contributed by atoms with E-state index in [1.165, 1.54) is 16.9 Å². The fourth-order valence-corrected chi connectivity index (χ4v) is 2.38. The number of nitrogens with zero attached hydrogens (tertiary/aromatic N) is 1. The second kappa shape index (κ2) is 5.10. The van der Waals surface area contributed by atoms with E-state index in [9.17, 15) is 9.90 Å². The number of rotatable bonds is 4. The summed E-state index contributed by atoms with van der Waals surface area (Å²) in [7, 11) is 0. The van der Waals surface area contributed by atoms with Crippen LogP contribution in [0.5, 0.6) is 0 Å². The maximum absolute atomic E-state index is 11.2. The SMILES string of the molecule is Cc1ccc(CC(C(=O)O)c2nccs2)cc1. The fourth-order valence-electron chi connectivity index (χ4n) is 1.65. The number of carboxylic acid groups (broad SMARTS) is 1. The van der Waals surface area contributed by atoms with E-state index < -0.39 is 11.9 Å². The first kappa shape index (κ1) is 11.8. The van der Waals surface area contributed by atoms with E-state index in [1.54, 1.807) is 11.6 Å². The van der Waals surface area contributed by atoms with Gasteiger partial charge < -0.3 is 5.11 Å². The van der Waals surface area contributed by atoms with E-state index in [4.69, 9.17) is 0 Å². The Hall–Kier alpha value is -1.68. The predicted molar refractivity (Wildman–Crippen MR) is 67.4 cm³/mol. The Bertz CT molecular complexity index is 491. The second-order valence-electron chi connectivity index (χ2n) is 3.95. The predicted octanol–water partition coefficient (Wildman–Crippen LogP) is 2.86. The highest BCUT2D eigenvalue weighted by Gasteiger charge is 2.22. The van der Waals surface area contributed by atoms with Gasteiger partial charge in [0.15, 0.2) is 0 Å². The molecule has 1 unspecified atom stereocenters. The molecule has 1 aromatic carbocycles. The smallest absolute Gasteiger partial charge is 0.313 e. The van der Waals surface area contributed by atoms with E-state index in [0.717, 1.165) is 5.56 Å². The van der Waals surface area contributed by atoms with Crippen LogP contribution in [0.25, 0.3) is 0 Å². The van der Waals surface area contributed by atoms with Crippen LogP contribution in [0, 0.1) is 6.92 Å². The molecule has 0 aliphatic carbocycles. The Balaban J connectivity index is 2.19. The molecule has 0 aliphatic rings. The molecule has 2 aromatic rings. The summed E-state index contributed by atoms with van der Waals surface area (Å²) in [5.74, 6) is -1.36. The lowest BCUT2D eigenvalue weighted by atomic mass is 9.99. The van der Waals surface area contributed by atoms with E-state index in [-0.39, 0.29) is 0 Å². The van der Waals surface area contributed by atoms with Crippen LogP contribution in [0.15, 0.2) is 35.8 Å². The maximum atomic E-state index is 11.2. The van der Waals surface area contributed by atoms with Crippen molar-refractivity contribution in [3.8, 4) is 0 Å². The van der Waals surface area contributed by atoms with Crippen molar-refractivity contribution in [3.63, 3.8) is 0 Å². The second-order valence-corrected chi connectivity index (χ2v) is 4.88. The van der Waals surface area contributed by atoms with Gasteiger partial charge in [-0.2, -0.15) is 0 Å². The highest BCUT2D eigenvalue weighted by atomic mass is 32.1. The molecule has 0 amide bonds. The molecule has 0 fully saturated rings. The number of carboxylic acids is 1. The molecular formula is C13H13NO2S. The van der Waals surface area contributed by atoms with Gasteiger partial charge in [-0.05, 0) is 18.9 Å². The van der Waals surface area contributed by atoms with Crippen LogP contribution < -0.4 is 0 Å². The van der Waals surface area contributed by atoms with Gasteiger partial charge in [-0.3, -0.25) is 4.79 Å². The number of hydrogen-bond acceptors (Lipinski definition) is 3. The molecule has 0 saturated heterocycles. The van der Waals surface area contributed by atoms with E-state index >= 15 is 0 Å². The highest BCUT2D eigenvalue weighted by molar-refractivity contribution is 7.09. The van der Waals surface area contributed by atoms with Gasteiger partial charge in [-0.25, -0.2) is 4.98 Å². The number of thiazole rings is 1. The summed E-state index contributed by atoms with van der Waals surface area (Å²) < 4.78 is 0. The molecular weight excluding hydrogens is 234 g/mol. The maximum Gasteiger partial charge on any atom is 0.313 e. The number of benzene rings is 1. The highest BCUT2D eigenvalue weighted by Crippen LogP contribution is 2.23. The van der Waals surface area contributed by atoms with Crippen molar-refractivity contribution in [1.82, 2.24) is 4.98 Å². The van der Waals surface area contributed by atoms with Crippen molar-refractivity contribution >= 4 is 17.3 Å². The summed E-state index contributed by atoms with van der Waals surface area (Å²) in [6.45, 7) is 2.01. The molecule has 88 valence electrons.